The molecule has 104 valence electrons. The molecule has 0 saturated heterocycles. The Balaban J connectivity index is 2.34. The molecule has 5 N–H and O–H groups in total. The molecule has 0 atom stereocenters. The zero-order chi connectivity index (χ0) is 14.0. The van der Waals surface area contributed by atoms with Crippen molar-refractivity contribution in [3.63, 3.8) is 0 Å². The molecule has 1 fully saturated rings. The summed E-state index contributed by atoms with van der Waals surface area (Å²) in [6, 6.07) is 0. The molecule has 0 aliphatic heterocycles. The molecule has 0 unspecified atom stereocenters. The molecule has 1 aromatic rings. The molecular formula is C12H18ClN5O. The number of nitrogen functional groups attached to an aromatic ring is 1. The van der Waals surface area contributed by atoms with Crippen LogP contribution < -0.4 is 16.8 Å². The van der Waals surface area contributed by atoms with Crippen molar-refractivity contribution in [3.05, 3.63) is 10.7 Å². The number of rotatable bonds is 3. The first-order valence-electron chi connectivity index (χ1n) is 6.32. The number of amides is 1. The van der Waals surface area contributed by atoms with E-state index in [-0.39, 0.29) is 11.9 Å². The second kappa shape index (κ2) is 5.21. The summed E-state index contributed by atoms with van der Waals surface area (Å²) in [5, 5.41) is 3.48. The fourth-order valence-corrected chi connectivity index (χ4v) is 2.61. The number of hydrogen-bond acceptors (Lipinski definition) is 5. The Hall–Kier alpha value is -1.56. The minimum absolute atomic E-state index is 0.125. The summed E-state index contributed by atoms with van der Waals surface area (Å²) in [5.74, 6) is 0.130. The fourth-order valence-electron chi connectivity index (χ4n) is 2.48. The lowest BCUT2D eigenvalue weighted by Crippen LogP contribution is -2.52. The van der Waals surface area contributed by atoms with Gasteiger partial charge in [-0.25, -0.2) is 4.98 Å². The summed E-state index contributed by atoms with van der Waals surface area (Å²) in [5.41, 5.74) is 11.0. The van der Waals surface area contributed by atoms with Crippen molar-refractivity contribution in [2.24, 2.45) is 5.73 Å². The topological polar surface area (TPSA) is 107 Å². The van der Waals surface area contributed by atoms with Gasteiger partial charge in [-0.05, 0) is 19.8 Å². The number of anilines is 2. The number of nitrogens with one attached hydrogen (secondary N) is 1. The molecule has 1 amide bonds. The Morgan fingerprint density at radius 3 is 2.53 bits per heavy atom. The van der Waals surface area contributed by atoms with Crippen molar-refractivity contribution in [2.75, 3.05) is 11.1 Å². The highest BCUT2D eigenvalue weighted by Crippen LogP contribution is 2.34. The molecule has 0 spiro atoms. The molecule has 0 radical (unpaired) electrons. The second-order valence-electron chi connectivity index (χ2n) is 4.96. The first-order valence-corrected chi connectivity index (χ1v) is 6.70. The third kappa shape index (κ3) is 2.73. The van der Waals surface area contributed by atoms with Gasteiger partial charge in [-0.15, -0.1) is 0 Å². The maximum absolute atomic E-state index is 11.8. The Labute approximate surface area is 116 Å². The van der Waals surface area contributed by atoms with E-state index in [4.69, 9.17) is 23.1 Å². The summed E-state index contributed by atoms with van der Waals surface area (Å²) >= 11 is 6.16. The maximum Gasteiger partial charge on any atom is 0.243 e. The van der Waals surface area contributed by atoms with E-state index in [9.17, 15) is 4.79 Å². The van der Waals surface area contributed by atoms with Crippen LogP contribution in [0, 0.1) is 6.92 Å². The van der Waals surface area contributed by atoms with Crippen LogP contribution >= 0.6 is 11.6 Å². The average molecular weight is 284 g/mol. The minimum atomic E-state index is -0.783. The summed E-state index contributed by atoms with van der Waals surface area (Å²) < 4.78 is 0. The monoisotopic (exact) mass is 283 g/mol. The molecule has 6 nitrogen and oxygen atoms in total. The van der Waals surface area contributed by atoms with E-state index in [1.807, 2.05) is 0 Å². The third-order valence-corrected chi connectivity index (χ3v) is 4.02. The van der Waals surface area contributed by atoms with Crippen LogP contribution in [0.15, 0.2) is 0 Å². The van der Waals surface area contributed by atoms with Crippen molar-refractivity contribution in [3.8, 4) is 0 Å². The molecule has 1 aromatic heterocycles. The van der Waals surface area contributed by atoms with Gasteiger partial charge in [-0.1, -0.05) is 30.9 Å². The van der Waals surface area contributed by atoms with Gasteiger partial charge in [-0.3, -0.25) is 4.79 Å². The van der Waals surface area contributed by atoms with Gasteiger partial charge in [0.1, 0.15) is 10.6 Å². The van der Waals surface area contributed by atoms with Crippen LogP contribution in [0.5, 0.6) is 0 Å². The van der Waals surface area contributed by atoms with Crippen molar-refractivity contribution in [1.82, 2.24) is 9.97 Å². The maximum atomic E-state index is 11.8. The number of carbonyl (C=O) groups is 1. The van der Waals surface area contributed by atoms with Gasteiger partial charge < -0.3 is 16.8 Å². The highest BCUT2D eigenvalue weighted by Gasteiger charge is 2.38. The molecule has 7 heteroatoms. The minimum Gasteiger partial charge on any atom is -0.368 e. The number of halogens is 1. The fraction of sp³-hybridized carbons (Fsp3) is 0.583. The van der Waals surface area contributed by atoms with Crippen LogP contribution in [0.25, 0.3) is 0 Å². The Bertz CT molecular complexity index is 499. The Morgan fingerprint density at radius 2 is 1.95 bits per heavy atom. The highest BCUT2D eigenvalue weighted by molar-refractivity contribution is 6.33. The number of nitrogens with zero attached hydrogens (tertiary/aromatic N) is 2. The van der Waals surface area contributed by atoms with Gasteiger partial charge in [0.25, 0.3) is 0 Å². The lowest BCUT2D eigenvalue weighted by molar-refractivity contribution is -0.123. The normalized spacial score (nSPS) is 18.0. The summed E-state index contributed by atoms with van der Waals surface area (Å²) in [6.07, 6.45) is 4.37. The van der Waals surface area contributed by atoms with Crippen LogP contribution in [0.3, 0.4) is 0 Å². The lowest BCUT2D eigenvalue weighted by Gasteiger charge is -2.35. The number of hydrogen-bond donors (Lipinski definition) is 3. The molecule has 1 saturated carbocycles. The van der Waals surface area contributed by atoms with Crippen LogP contribution in [0.1, 0.15) is 37.8 Å². The van der Waals surface area contributed by atoms with Crippen LogP contribution in [0.2, 0.25) is 5.02 Å². The van der Waals surface area contributed by atoms with Gasteiger partial charge in [-0.2, -0.15) is 4.98 Å². The molecule has 2 rings (SSSR count). The van der Waals surface area contributed by atoms with Crippen molar-refractivity contribution >= 4 is 29.3 Å². The van der Waals surface area contributed by atoms with E-state index >= 15 is 0 Å². The number of primary amides is 1. The SMILES string of the molecule is Cc1nc(N)nc(NC2(C(N)=O)CCCCC2)c1Cl. The largest absolute Gasteiger partial charge is 0.368 e. The van der Waals surface area contributed by atoms with Crippen LogP contribution in [0.4, 0.5) is 11.8 Å². The lowest BCUT2D eigenvalue weighted by atomic mass is 9.81. The van der Waals surface area contributed by atoms with E-state index in [1.54, 1.807) is 6.92 Å². The van der Waals surface area contributed by atoms with E-state index in [0.29, 0.717) is 29.4 Å². The Morgan fingerprint density at radius 1 is 1.32 bits per heavy atom. The Kier molecular flexibility index (Phi) is 3.80. The molecule has 0 bridgehead atoms. The van der Waals surface area contributed by atoms with Crippen LogP contribution in [-0.2, 0) is 4.79 Å². The molecule has 1 aliphatic carbocycles. The zero-order valence-corrected chi connectivity index (χ0v) is 11.6. The predicted molar refractivity (Wildman–Crippen MR) is 74.8 cm³/mol. The number of aromatic nitrogens is 2. The first-order chi connectivity index (χ1) is 8.94. The third-order valence-electron chi connectivity index (χ3n) is 3.57. The number of aryl methyl sites for hydroxylation is 1. The summed E-state index contributed by atoms with van der Waals surface area (Å²) in [6.45, 7) is 1.74. The van der Waals surface area contributed by atoms with Gasteiger partial charge >= 0.3 is 0 Å². The van der Waals surface area contributed by atoms with E-state index in [1.165, 1.54) is 0 Å². The van der Waals surface area contributed by atoms with E-state index in [0.717, 1.165) is 19.3 Å². The molecule has 1 heterocycles. The van der Waals surface area contributed by atoms with E-state index in [2.05, 4.69) is 15.3 Å². The van der Waals surface area contributed by atoms with Crippen molar-refractivity contribution in [2.45, 2.75) is 44.6 Å². The first kappa shape index (κ1) is 13.9. The quantitative estimate of drug-likeness (QED) is 0.781. The molecular weight excluding hydrogens is 266 g/mol. The molecule has 0 aromatic carbocycles. The van der Waals surface area contributed by atoms with Gasteiger partial charge in [0.15, 0.2) is 5.82 Å². The van der Waals surface area contributed by atoms with Gasteiger partial charge in [0.05, 0.1) is 5.69 Å². The average Bonchev–Trinajstić information content (AvgIpc) is 2.36. The highest BCUT2D eigenvalue weighted by atomic mass is 35.5. The smallest absolute Gasteiger partial charge is 0.243 e. The van der Waals surface area contributed by atoms with Crippen molar-refractivity contribution < 1.29 is 4.79 Å². The second-order valence-corrected chi connectivity index (χ2v) is 5.34. The van der Waals surface area contributed by atoms with Gasteiger partial charge in [0.2, 0.25) is 11.9 Å². The number of nitrogens with two attached hydrogens (primary N) is 2. The van der Waals surface area contributed by atoms with E-state index < -0.39 is 5.54 Å². The predicted octanol–water partition coefficient (Wildman–Crippen LogP) is 1.62. The zero-order valence-electron chi connectivity index (χ0n) is 10.9. The molecule has 1 aliphatic rings. The van der Waals surface area contributed by atoms with Crippen LogP contribution in [-0.4, -0.2) is 21.4 Å². The number of carbonyl (C=O) groups excluding carboxylic acids is 1. The summed E-state index contributed by atoms with van der Waals surface area (Å²) in [4.78, 5) is 19.8. The molecule has 19 heavy (non-hydrogen) atoms. The standard InChI is InChI=1S/C12H18ClN5O/c1-7-8(13)9(17-11(15)16-7)18-12(10(14)19)5-3-2-4-6-12/h2-6H2,1H3,(H2,14,19)(H3,15,16,17,18). The van der Waals surface area contributed by atoms with Crippen molar-refractivity contribution in [1.29, 1.82) is 0 Å². The summed E-state index contributed by atoms with van der Waals surface area (Å²) in [7, 11) is 0. The van der Waals surface area contributed by atoms with Gasteiger partial charge in [0, 0.05) is 0 Å².